The number of hydrogen-bond donors (Lipinski definition) is 0. The Morgan fingerprint density at radius 2 is 1.94 bits per heavy atom. The van der Waals surface area contributed by atoms with Gasteiger partial charge in [0.2, 0.25) is 0 Å². The molecule has 1 nitrogen and oxygen atoms in total. The average molecular weight is 230 g/mol. The van der Waals surface area contributed by atoms with E-state index in [-0.39, 0.29) is 11.3 Å². The van der Waals surface area contributed by atoms with Gasteiger partial charge in [-0.15, -0.1) is 6.58 Å². The van der Waals surface area contributed by atoms with Gasteiger partial charge in [-0.3, -0.25) is 4.79 Å². The van der Waals surface area contributed by atoms with Crippen molar-refractivity contribution in [3.05, 3.63) is 48.6 Å². The predicted octanol–water partition coefficient (Wildman–Crippen LogP) is 4.04. The summed E-state index contributed by atoms with van der Waals surface area (Å²) in [4.78, 5) is 11.9. The van der Waals surface area contributed by atoms with Crippen molar-refractivity contribution < 1.29 is 4.79 Å². The number of Topliss-reactive ketones (excluding diaryl/α,β-unsaturated/α-hetero) is 1. The Hall–Kier alpha value is -1.37. The fraction of sp³-hybridized carbons (Fsp3) is 0.438. The molecule has 1 unspecified atom stereocenters. The van der Waals surface area contributed by atoms with Crippen LogP contribution in [0.2, 0.25) is 0 Å². The number of carbonyl (C=O) groups excluding carboxylic acids is 1. The van der Waals surface area contributed by atoms with E-state index in [2.05, 4.69) is 25.6 Å². The third-order valence-corrected chi connectivity index (χ3v) is 3.17. The summed E-state index contributed by atoms with van der Waals surface area (Å²) in [6.45, 7) is 9.90. The fourth-order valence-electron chi connectivity index (χ4n) is 1.87. The highest BCUT2D eigenvalue weighted by Crippen LogP contribution is 2.29. The van der Waals surface area contributed by atoms with E-state index < -0.39 is 0 Å². The van der Waals surface area contributed by atoms with Gasteiger partial charge < -0.3 is 0 Å². The van der Waals surface area contributed by atoms with Gasteiger partial charge in [0.05, 0.1) is 0 Å². The molecule has 1 heteroatoms. The van der Waals surface area contributed by atoms with Crippen LogP contribution < -0.4 is 0 Å². The molecule has 0 saturated heterocycles. The van der Waals surface area contributed by atoms with Crippen LogP contribution in [0.25, 0.3) is 0 Å². The van der Waals surface area contributed by atoms with Crippen LogP contribution in [0.3, 0.4) is 0 Å². The van der Waals surface area contributed by atoms with Gasteiger partial charge in [-0.2, -0.15) is 0 Å². The molecule has 0 spiro atoms. The van der Waals surface area contributed by atoms with Crippen LogP contribution in [0.15, 0.2) is 43.0 Å². The maximum Gasteiger partial charge on any atom is 0.136 e. The molecular weight excluding hydrogens is 208 g/mol. The summed E-state index contributed by atoms with van der Waals surface area (Å²) < 4.78 is 0. The van der Waals surface area contributed by atoms with E-state index in [9.17, 15) is 4.79 Å². The number of benzene rings is 1. The van der Waals surface area contributed by atoms with E-state index in [0.717, 1.165) is 6.42 Å². The Balaban J connectivity index is 2.76. The lowest BCUT2D eigenvalue weighted by molar-refractivity contribution is -0.123. The molecule has 0 amide bonds. The lowest BCUT2D eigenvalue weighted by Crippen LogP contribution is -2.23. The zero-order valence-corrected chi connectivity index (χ0v) is 11.1. The molecule has 92 valence electrons. The SMILES string of the molecule is C=CC(C)(CC(=O)C(C)C)Cc1ccccc1. The first-order chi connectivity index (χ1) is 7.97. The van der Waals surface area contributed by atoms with E-state index in [1.807, 2.05) is 38.1 Å². The summed E-state index contributed by atoms with van der Waals surface area (Å²) in [6, 6.07) is 10.3. The van der Waals surface area contributed by atoms with Crippen molar-refractivity contribution >= 4 is 5.78 Å². The van der Waals surface area contributed by atoms with E-state index >= 15 is 0 Å². The van der Waals surface area contributed by atoms with Crippen LogP contribution in [0.5, 0.6) is 0 Å². The second kappa shape index (κ2) is 5.81. The lowest BCUT2D eigenvalue weighted by atomic mass is 9.78. The van der Waals surface area contributed by atoms with Crippen LogP contribution >= 0.6 is 0 Å². The molecule has 0 fully saturated rings. The number of hydrogen-bond acceptors (Lipinski definition) is 1. The van der Waals surface area contributed by atoms with Crippen molar-refractivity contribution in [3.63, 3.8) is 0 Å². The summed E-state index contributed by atoms with van der Waals surface area (Å²) in [7, 11) is 0. The molecule has 0 N–H and O–H groups in total. The maximum atomic E-state index is 11.9. The molecule has 1 aromatic rings. The molecule has 1 rings (SSSR count). The predicted molar refractivity (Wildman–Crippen MR) is 72.9 cm³/mol. The molecule has 0 aliphatic heterocycles. The minimum absolute atomic E-state index is 0.102. The molecule has 0 aliphatic carbocycles. The molecule has 0 aromatic heterocycles. The van der Waals surface area contributed by atoms with Crippen LogP contribution in [-0.2, 0) is 11.2 Å². The van der Waals surface area contributed by atoms with Crippen molar-refractivity contribution in [2.24, 2.45) is 11.3 Å². The van der Waals surface area contributed by atoms with Gasteiger partial charge in [0, 0.05) is 12.3 Å². The maximum absolute atomic E-state index is 11.9. The Kier molecular flexibility index (Phi) is 4.68. The zero-order valence-electron chi connectivity index (χ0n) is 11.1. The smallest absolute Gasteiger partial charge is 0.136 e. The van der Waals surface area contributed by atoms with Crippen molar-refractivity contribution in [1.29, 1.82) is 0 Å². The normalized spacial score (nSPS) is 14.4. The Labute approximate surface area is 105 Å². The summed E-state index contributed by atoms with van der Waals surface area (Å²) in [6.07, 6.45) is 3.36. The van der Waals surface area contributed by atoms with E-state index in [4.69, 9.17) is 0 Å². The molecular formula is C16H22O. The van der Waals surface area contributed by atoms with Crippen LogP contribution in [0.4, 0.5) is 0 Å². The molecule has 0 aliphatic rings. The molecule has 17 heavy (non-hydrogen) atoms. The van der Waals surface area contributed by atoms with Gasteiger partial charge in [0.15, 0.2) is 0 Å². The standard InChI is InChI=1S/C16H22O/c1-5-16(4,12-15(17)13(2)3)11-14-9-7-6-8-10-14/h5-10,13H,1,11-12H2,2-4H3. The van der Waals surface area contributed by atoms with Crippen LogP contribution in [-0.4, -0.2) is 5.78 Å². The third-order valence-electron chi connectivity index (χ3n) is 3.17. The molecule has 0 heterocycles. The summed E-state index contributed by atoms with van der Waals surface area (Å²) in [5.41, 5.74) is 1.12. The fourth-order valence-corrected chi connectivity index (χ4v) is 1.87. The molecule has 0 radical (unpaired) electrons. The summed E-state index contributed by atoms with van der Waals surface area (Å²) in [5.74, 6) is 0.411. The number of ketones is 1. The largest absolute Gasteiger partial charge is 0.299 e. The van der Waals surface area contributed by atoms with E-state index in [0.29, 0.717) is 12.2 Å². The van der Waals surface area contributed by atoms with Crippen LogP contribution in [0, 0.1) is 11.3 Å². The van der Waals surface area contributed by atoms with Crippen LogP contribution in [0.1, 0.15) is 32.8 Å². The van der Waals surface area contributed by atoms with Gasteiger partial charge in [-0.25, -0.2) is 0 Å². The summed E-state index contributed by atoms with van der Waals surface area (Å²) >= 11 is 0. The number of carbonyl (C=O) groups is 1. The minimum atomic E-state index is -0.136. The summed E-state index contributed by atoms with van der Waals surface area (Å²) in [5, 5.41) is 0. The molecule has 1 aromatic carbocycles. The van der Waals surface area contributed by atoms with Gasteiger partial charge in [-0.05, 0) is 17.4 Å². The second-order valence-electron chi connectivity index (χ2n) is 5.32. The van der Waals surface area contributed by atoms with Gasteiger partial charge in [0.1, 0.15) is 5.78 Å². The number of rotatable bonds is 6. The topological polar surface area (TPSA) is 17.1 Å². The highest BCUT2D eigenvalue weighted by Gasteiger charge is 2.25. The monoisotopic (exact) mass is 230 g/mol. The second-order valence-corrected chi connectivity index (χ2v) is 5.32. The van der Waals surface area contributed by atoms with Crippen molar-refractivity contribution in [1.82, 2.24) is 0 Å². The lowest BCUT2D eigenvalue weighted by Gasteiger charge is -2.26. The molecule has 0 bridgehead atoms. The van der Waals surface area contributed by atoms with E-state index in [1.54, 1.807) is 0 Å². The highest BCUT2D eigenvalue weighted by atomic mass is 16.1. The third kappa shape index (κ3) is 4.18. The Bertz CT molecular complexity index is 378. The average Bonchev–Trinajstić information content (AvgIpc) is 2.30. The van der Waals surface area contributed by atoms with Crippen molar-refractivity contribution in [3.8, 4) is 0 Å². The first kappa shape index (κ1) is 13.7. The molecule has 0 saturated carbocycles. The molecule has 1 atom stereocenters. The number of allylic oxidation sites excluding steroid dienone is 1. The van der Waals surface area contributed by atoms with Crippen molar-refractivity contribution in [2.45, 2.75) is 33.6 Å². The van der Waals surface area contributed by atoms with Crippen molar-refractivity contribution in [2.75, 3.05) is 0 Å². The van der Waals surface area contributed by atoms with Gasteiger partial charge in [-0.1, -0.05) is 57.2 Å². The zero-order chi connectivity index (χ0) is 12.9. The Morgan fingerprint density at radius 1 is 1.35 bits per heavy atom. The van der Waals surface area contributed by atoms with Gasteiger partial charge >= 0.3 is 0 Å². The first-order valence-corrected chi connectivity index (χ1v) is 6.17. The highest BCUT2D eigenvalue weighted by molar-refractivity contribution is 5.81. The first-order valence-electron chi connectivity index (χ1n) is 6.17. The quantitative estimate of drug-likeness (QED) is 0.674. The van der Waals surface area contributed by atoms with E-state index in [1.165, 1.54) is 5.56 Å². The van der Waals surface area contributed by atoms with Gasteiger partial charge in [0.25, 0.3) is 0 Å². The Morgan fingerprint density at radius 3 is 2.41 bits per heavy atom. The minimum Gasteiger partial charge on any atom is -0.299 e.